The summed E-state index contributed by atoms with van der Waals surface area (Å²) in [7, 11) is 0. The summed E-state index contributed by atoms with van der Waals surface area (Å²) in [5.41, 5.74) is 0.590. The first-order valence-corrected chi connectivity index (χ1v) is 6.99. The number of pyridine rings is 1. The van der Waals surface area contributed by atoms with Crippen LogP contribution in [0.5, 0.6) is 5.75 Å². The molecular formula is C12H15BrN2O4. The minimum Gasteiger partial charge on any atom is -0.480 e. The lowest BCUT2D eigenvalue weighted by atomic mass is 9.91. The van der Waals surface area contributed by atoms with E-state index in [1.807, 2.05) is 6.92 Å². The highest BCUT2D eigenvalue weighted by Gasteiger charge is 2.43. The van der Waals surface area contributed by atoms with Crippen LogP contribution in [0.25, 0.3) is 0 Å². The molecule has 1 saturated carbocycles. The van der Waals surface area contributed by atoms with E-state index in [0.717, 1.165) is 6.42 Å². The van der Waals surface area contributed by atoms with E-state index in [1.165, 1.54) is 0 Å². The number of alkyl halides is 1. The van der Waals surface area contributed by atoms with Crippen molar-refractivity contribution in [1.29, 1.82) is 0 Å². The number of nitrogens with zero attached hydrogens (tertiary/aromatic N) is 2. The lowest BCUT2D eigenvalue weighted by molar-refractivity contribution is -0.391. The van der Waals surface area contributed by atoms with E-state index in [4.69, 9.17) is 9.47 Å². The van der Waals surface area contributed by atoms with Crippen molar-refractivity contribution in [1.82, 2.24) is 4.98 Å². The summed E-state index contributed by atoms with van der Waals surface area (Å²) in [5, 5.41) is 11.0. The van der Waals surface area contributed by atoms with Gasteiger partial charge in [-0.3, -0.25) is 0 Å². The zero-order valence-corrected chi connectivity index (χ0v) is 12.3. The maximum absolute atomic E-state index is 11.0. The number of rotatable bonds is 5. The Balaban J connectivity index is 2.13. The number of halogens is 1. The molecule has 0 aliphatic heterocycles. The first-order valence-electron chi connectivity index (χ1n) is 6.07. The molecule has 6 nitrogen and oxygen atoms in total. The maximum atomic E-state index is 11.0. The second-order valence-electron chi connectivity index (χ2n) is 4.36. The first-order chi connectivity index (χ1) is 9.02. The highest BCUT2D eigenvalue weighted by molar-refractivity contribution is 9.09. The number of hydrogen-bond acceptors (Lipinski definition) is 5. The third-order valence-electron chi connectivity index (χ3n) is 2.97. The highest BCUT2D eigenvalue weighted by atomic mass is 79.9. The average Bonchev–Trinajstić information content (AvgIpc) is 2.37. The molecule has 0 amide bonds. The predicted octanol–water partition coefficient (Wildman–Crippen LogP) is 2.62. The summed E-state index contributed by atoms with van der Waals surface area (Å²) in [4.78, 5) is 14.6. The van der Waals surface area contributed by atoms with Gasteiger partial charge in [-0.05, 0) is 29.0 Å². The predicted molar refractivity (Wildman–Crippen MR) is 72.8 cm³/mol. The van der Waals surface area contributed by atoms with E-state index in [9.17, 15) is 10.1 Å². The summed E-state index contributed by atoms with van der Waals surface area (Å²) < 4.78 is 11.2. The second-order valence-corrected chi connectivity index (χ2v) is 5.54. The van der Waals surface area contributed by atoms with Crippen LogP contribution in [0, 0.1) is 17.0 Å². The maximum Gasteiger partial charge on any atom is 0.406 e. The number of aromatic nitrogens is 1. The van der Waals surface area contributed by atoms with E-state index in [2.05, 4.69) is 20.9 Å². The summed E-state index contributed by atoms with van der Waals surface area (Å²) in [6, 6.07) is 3.29. The Morgan fingerprint density at radius 2 is 2.32 bits per heavy atom. The molecule has 7 heteroatoms. The van der Waals surface area contributed by atoms with Crippen molar-refractivity contribution in [3.05, 3.63) is 27.9 Å². The molecule has 19 heavy (non-hydrogen) atoms. The Morgan fingerprint density at radius 3 is 2.89 bits per heavy atom. The second kappa shape index (κ2) is 5.83. The van der Waals surface area contributed by atoms with Gasteiger partial charge in [-0.15, -0.1) is 0 Å². The first kappa shape index (κ1) is 14.2. The van der Waals surface area contributed by atoms with Gasteiger partial charge in [-0.2, -0.15) is 0 Å². The number of nitro groups is 1. The van der Waals surface area contributed by atoms with E-state index in [1.54, 1.807) is 19.1 Å². The smallest absolute Gasteiger partial charge is 0.406 e. The van der Waals surface area contributed by atoms with Crippen molar-refractivity contribution in [2.45, 2.75) is 37.3 Å². The molecule has 0 radical (unpaired) electrons. The van der Waals surface area contributed by atoms with E-state index in [0.29, 0.717) is 12.3 Å². The van der Waals surface area contributed by atoms with Crippen molar-refractivity contribution in [2.24, 2.45) is 0 Å². The van der Waals surface area contributed by atoms with Crippen LogP contribution in [0.3, 0.4) is 0 Å². The standard InChI is InChI=1S/C12H15BrN2O4/c1-3-18-11-8(13)6-10(11)19-9-5-4-7(2)14-12(9)15(16)17/h4-5,8,10-11H,3,6H2,1-2H3. The van der Waals surface area contributed by atoms with Gasteiger partial charge in [0.2, 0.25) is 5.75 Å². The summed E-state index contributed by atoms with van der Waals surface area (Å²) in [6.07, 6.45) is 0.508. The molecule has 1 aromatic heterocycles. The van der Waals surface area contributed by atoms with Crippen LogP contribution in [0.15, 0.2) is 12.1 Å². The van der Waals surface area contributed by atoms with Crippen LogP contribution in [-0.4, -0.2) is 33.5 Å². The lowest BCUT2D eigenvalue weighted by Crippen LogP contribution is -2.52. The Kier molecular flexibility index (Phi) is 4.36. The molecule has 0 N–H and O–H groups in total. The minimum absolute atomic E-state index is 0.0779. The van der Waals surface area contributed by atoms with Gasteiger partial charge in [0.25, 0.3) is 0 Å². The molecule has 1 aliphatic rings. The Labute approximate surface area is 119 Å². The van der Waals surface area contributed by atoms with Crippen LogP contribution in [0.1, 0.15) is 19.0 Å². The third kappa shape index (κ3) is 3.03. The Hall–Kier alpha value is -1.21. The van der Waals surface area contributed by atoms with E-state index < -0.39 is 4.92 Å². The molecule has 104 valence electrons. The van der Waals surface area contributed by atoms with E-state index >= 15 is 0 Å². The van der Waals surface area contributed by atoms with Crippen LogP contribution < -0.4 is 4.74 Å². The summed E-state index contributed by atoms with van der Waals surface area (Å²) >= 11 is 3.49. The normalized spacial score (nSPS) is 25.7. The Bertz CT molecular complexity index is 483. The Morgan fingerprint density at radius 1 is 1.58 bits per heavy atom. The largest absolute Gasteiger partial charge is 0.480 e. The molecule has 3 unspecified atom stereocenters. The monoisotopic (exact) mass is 330 g/mol. The fraction of sp³-hybridized carbons (Fsp3) is 0.583. The van der Waals surface area contributed by atoms with Crippen LogP contribution in [-0.2, 0) is 4.74 Å². The number of hydrogen-bond donors (Lipinski definition) is 0. The highest BCUT2D eigenvalue weighted by Crippen LogP contribution is 2.36. The van der Waals surface area contributed by atoms with Gasteiger partial charge in [0.15, 0.2) is 0 Å². The third-order valence-corrected chi connectivity index (χ3v) is 3.86. The zero-order chi connectivity index (χ0) is 14.0. The van der Waals surface area contributed by atoms with Gasteiger partial charge in [-0.25, -0.2) is 0 Å². The number of aryl methyl sites for hydroxylation is 1. The van der Waals surface area contributed by atoms with Crippen LogP contribution >= 0.6 is 15.9 Å². The SMILES string of the molecule is CCOC1C(Br)CC1Oc1ccc(C)nc1[N+](=O)[O-]. The van der Waals surface area contributed by atoms with Gasteiger partial charge in [0, 0.05) is 24.8 Å². The lowest BCUT2D eigenvalue weighted by Gasteiger charge is -2.40. The van der Waals surface area contributed by atoms with E-state index in [-0.39, 0.29) is 28.6 Å². The van der Waals surface area contributed by atoms with Crippen molar-refractivity contribution in [3.63, 3.8) is 0 Å². The zero-order valence-electron chi connectivity index (χ0n) is 10.7. The quantitative estimate of drug-likeness (QED) is 0.471. The van der Waals surface area contributed by atoms with Gasteiger partial charge < -0.3 is 19.6 Å². The molecule has 1 aromatic rings. The molecule has 0 bridgehead atoms. The fourth-order valence-corrected chi connectivity index (χ4v) is 2.82. The average molecular weight is 331 g/mol. The minimum atomic E-state index is -0.525. The fourth-order valence-electron chi connectivity index (χ4n) is 1.96. The molecule has 0 aromatic carbocycles. The molecular weight excluding hydrogens is 316 g/mol. The number of ether oxygens (including phenoxy) is 2. The van der Waals surface area contributed by atoms with Crippen LogP contribution in [0.2, 0.25) is 0 Å². The van der Waals surface area contributed by atoms with Crippen LogP contribution in [0.4, 0.5) is 5.82 Å². The molecule has 1 heterocycles. The summed E-state index contributed by atoms with van der Waals surface area (Å²) in [6.45, 7) is 4.20. The summed E-state index contributed by atoms with van der Waals surface area (Å²) in [5.74, 6) is -0.0435. The van der Waals surface area contributed by atoms with Crippen molar-refractivity contribution >= 4 is 21.7 Å². The van der Waals surface area contributed by atoms with Crippen molar-refractivity contribution in [2.75, 3.05) is 6.61 Å². The molecule has 0 saturated heterocycles. The van der Waals surface area contributed by atoms with Gasteiger partial charge in [-0.1, -0.05) is 15.9 Å². The molecule has 1 aliphatic carbocycles. The van der Waals surface area contributed by atoms with Crippen molar-refractivity contribution in [3.8, 4) is 5.75 Å². The topological polar surface area (TPSA) is 74.5 Å². The van der Waals surface area contributed by atoms with Gasteiger partial charge in [0.1, 0.15) is 17.9 Å². The van der Waals surface area contributed by atoms with Gasteiger partial charge in [0.05, 0.1) is 0 Å². The molecule has 3 atom stereocenters. The molecule has 2 rings (SSSR count). The molecule has 0 spiro atoms. The molecule has 1 fully saturated rings. The van der Waals surface area contributed by atoms with Gasteiger partial charge >= 0.3 is 5.82 Å². The van der Waals surface area contributed by atoms with Crippen molar-refractivity contribution < 1.29 is 14.4 Å².